The van der Waals surface area contributed by atoms with E-state index in [1.54, 1.807) is 0 Å². The average Bonchev–Trinajstić information content (AvgIpc) is 2.75. The number of amides is 1. The highest BCUT2D eigenvalue weighted by Crippen LogP contribution is 2.32. The van der Waals surface area contributed by atoms with Crippen LogP contribution in [-0.4, -0.2) is 32.5 Å². The number of carboxylic acids is 1. The topological polar surface area (TPSA) is 132 Å². The molecule has 108 valence electrons. The molecule has 20 heavy (non-hydrogen) atoms. The molecule has 0 aliphatic heterocycles. The summed E-state index contributed by atoms with van der Waals surface area (Å²) in [5.41, 5.74) is -2.55. The molecule has 1 aromatic heterocycles. The van der Waals surface area contributed by atoms with E-state index in [0.717, 1.165) is 19.0 Å². The van der Waals surface area contributed by atoms with Crippen LogP contribution < -0.4 is 16.6 Å². The van der Waals surface area contributed by atoms with Crippen molar-refractivity contribution in [1.29, 1.82) is 0 Å². The van der Waals surface area contributed by atoms with E-state index < -0.39 is 28.7 Å². The van der Waals surface area contributed by atoms with Gasteiger partial charge in [-0.1, -0.05) is 12.8 Å². The molecule has 0 spiro atoms. The quantitative estimate of drug-likeness (QED) is 0.595. The van der Waals surface area contributed by atoms with E-state index in [-0.39, 0.29) is 12.0 Å². The molecule has 0 bridgehead atoms. The Bertz CT molecular complexity index is 639. The first-order chi connectivity index (χ1) is 9.42. The number of carbonyl (C=O) groups is 2. The Balaban J connectivity index is 2.22. The summed E-state index contributed by atoms with van der Waals surface area (Å²) in [6, 6.07) is 0. The highest BCUT2D eigenvalue weighted by atomic mass is 16.4. The molecule has 1 aliphatic carbocycles. The molecule has 0 saturated heterocycles. The second-order valence-electron chi connectivity index (χ2n) is 5.00. The van der Waals surface area contributed by atoms with Crippen LogP contribution in [0, 0.1) is 0 Å². The second kappa shape index (κ2) is 5.32. The van der Waals surface area contributed by atoms with Crippen molar-refractivity contribution in [3.05, 3.63) is 32.6 Å². The molecule has 1 fully saturated rings. The molecule has 1 aromatic rings. The van der Waals surface area contributed by atoms with Crippen LogP contribution in [0.15, 0.2) is 15.8 Å². The number of aliphatic carboxylic acids is 1. The minimum atomic E-state index is -0.998. The van der Waals surface area contributed by atoms with Gasteiger partial charge < -0.3 is 15.4 Å². The molecular formula is C12H15N3O5. The summed E-state index contributed by atoms with van der Waals surface area (Å²) in [5, 5.41) is 11.6. The van der Waals surface area contributed by atoms with Gasteiger partial charge >= 0.3 is 11.7 Å². The Morgan fingerprint density at radius 3 is 2.50 bits per heavy atom. The van der Waals surface area contributed by atoms with Gasteiger partial charge in [0.1, 0.15) is 5.56 Å². The maximum Gasteiger partial charge on any atom is 0.325 e. The number of aromatic nitrogens is 2. The van der Waals surface area contributed by atoms with E-state index in [1.165, 1.54) is 0 Å². The third-order valence-electron chi connectivity index (χ3n) is 3.49. The lowest BCUT2D eigenvalue weighted by atomic mass is 9.93. The predicted molar refractivity (Wildman–Crippen MR) is 68.6 cm³/mol. The Morgan fingerprint density at radius 2 is 1.95 bits per heavy atom. The fraction of sp³-hybridized carbons (Fsp3) is 0.500. The standard InChI is InChI=1S/C12H15N3O5/c16-8(17)5-12(3-1-2-4-12)15-10(19)7-6-13-11(20)14-9(7)18/h6H,1-5H2,(H,15,19)(H,16,17)(H2,13,14,18,20). The number of aromatic amines is 2. The summed E-state index contributed by atoms with van der Waals surface area (Å²) >= 11 is 0. The van der Waals surface area contributed by atoms with Crippen molar-refractivity contribution in [2.24, 2.45) is 0 Å². The zero-order chi connectivity index (χ0) is 14.8. The van der Waals surface area contributed by atoms with E-state index in [2.05, 4.69) is 10.3 Å². The van der Waals surface area contributed by atoms with Crippen molar-refractivity contribution in [3.8, 4) is 0 Å². The molecule has 0 unspecified atom stereocenters. The van der Waals surface area contributed by atoms with Crippen LogP contribution in [-0.2, 0) is 4.79 Å². The molecular weight excluding hydrogens is 266 g/mol. The summed E-state index contributed by atoms with van der Waals surface area (Å²) < 4.78 is 0. The Labute approximate surface area is 113 Å². The number of hydrogen-bond donors (Lipinski definition) is 4. The van der Waals surface area contributed by atoms with Gasteiger partial charge in [0.2, 0.25) is 0 Å². The molecule has 0 atom stereocenters. The zero-order valence-electron chi connectivity index (χ0n) is 10.7. The number of rotatable bonds is 4. The number of carboxylic acid groups (broad SMARTS) is 1. The van der Waals surface area contributed by atoms with Crippen LogP contribution in [0.5, 0.6) is 0 Å². The zero-order valence-corrected chi connectivity index (χ0v) is 10.7. The van der Waals surface area contributed by atoms with Crippen LogP contribution in [0.1, 0.15) is 42.5 Å². The Morgan fingerprint density at radius 1 is 1.30 bits per heavy atom. The Kier molecular flexibility index (Phi) is 3.73. The van der Waals surface area contributed by atoms with Gasteiger partial charge in [-0.15, -0.1) is 0 Å². The SMILES string of the molecule is O=C(O)CC1(NC(=O)c2c[nH]c(=O)[nH]c2=O)CCCC1. The van der Waals surface area contributed by atoms with Gasteiger partial charge in [-0.05, 0) is 12.8 Å². The minimum Gasteiger partial charge on any atom is -0.481 e. The van der Waals surface area contributed by atoms with Gasteiger partial charge in [0.05, 0.1) is 12.0 Å². The third kappa shape index (κ3) is 2.95. The third-order valence-corrected chi connectivity index (χ3v) is 3.49. The van der Waals surface area contributed by atoms with Crippen molar-refractivity contribution in [2.75, 3.05) is 0 Å². The van der Waals surface area contributed by atoms with Crippen LogP contribution in [0.25, 0.3) is 0 Å². The minimum absolute atomic E-state index is 0.181. The number of carbonyl (C=O) groups excluding carboxylic acids is 1. The first-order valence-corrected chi connectivity index (χ1v) is 6.28. The van der Waals surface area contributed by atoms with E-state index in [1.807, 2.05) is 4.98 Å². The van der Waals surface area contributed by atoms with E-state index >= 15 is 0 Å². The summed E-state index contributed by atoms with van der Waals surface area (Å²) in [4.78, 5) is 49.6. The maximum atomic E-state index is 12.1. The van der Waals surface area contributed by atoms with Crippen molar-refractivity contribution >= 4 is 11.9 Å². The lowest BCUT2D eigenvalue weighted by molar-refractivity contribution is -0.138. The van der Waals surface area contributed by atoms with Crippen molar-refractivity contribution < 1.29 is 14.7 Å². The second-order valence-corrected chi connectivity index (χ2v) is 5.00. The highest BCUT2D eigenvalue weighted by Gasteiger charge is 2.38. The number of nitrogens with one attached hydrogen (secondary N) is 3. The molecule has 4 N–H and O–H groups in total. The highest BCUT2D eigenvalue weighted by molar-refractivity contribution is 5.94. The van der Waals surface area contributed by atoms with E-state index in [0.29, 0.717) is 12.8 Å². The van der Waals surface area contributed by atoms with Gasteiger partial charge in [-0.3, -0.25) is 19.4 Å². The molecule has 1 amide bonds. The van der Waals surface area contributed by atoms with Crippen LogP contribution in [0.2, 0.25) is 0 Å². The smallest absolute Gasteiger partial charge is 0.325 e. The van der Waals surface area contributed by atoms with Gasteiger partial charge in [-0.2, -0.15) is 0 Å². The summed E-state index contributed by atoms with van der Waals surface area (Å²) in [7, 11) is 0. The number of hydrogen-bond acceptors (Lipinski definition) is 4. The fourth-order valence-electron chi connectivity index (χ4n) is 2.57. The molecule has 1 aliphatic rings. The molecule has 8 nitrogen and oxygen atoms in total. The normalized spacial score (nSPS) is 16.8. The van der Waals surface area contributed by atoms with Crippen LogP contribution >= 0.6 is 0 Å². The maximum absolute atomic E-state index is 12.1. The van der Waals surface area contributed by atoms with Crippen molar-refractivity contribution in [1.82, 2.24) is 15.3 Å². The van der Waals surface area contributed by atoms with Gasteiger partial charge in [0.25, 0.3) is 11.5 Å². The predicted octanol–water partition coefficient (Wildman–Crippen LogP) is -0.420. The fourth-order valence-corrected chi connectivity index (χ4v) is 2.57. The molecule has 0 aromatic carbocycles. The Hall–Kier alpha value is -2.38. The summed E-state index contributed by atoms with van der Waals surface area (Å²) in [6.45, 7) is 0. The first kappa shape index (κ1) is 14.0. The van der Waals surface area contributed by atoms with Crippen LogP contribution in [0.4, 0.5) is 0 Å². The molecule has 0 radical (unpaired) electrons. The monoisotopic (exact) mass is 281 g/mol. The van der Waals surface area contributed by atoms with Crippen molar-refractivity contribution in [2.45, 2.75) is 37.6 Å². The van der Waals surface area contributed by atoms with Crippen LogP contribution in [0.3, 0.4) is 0 Å². The van der Waals surface area contributed by atoms with Crippen molar-refractivity contribution in [3.63, 3.8) is 0 Å². The first-order valence-electron chi connectivity index (χ1n) is 6.28. The molecule has 8 heteroatoms. The molecule has 2 rings (SSSR count). The number of H-pyrrole nitrogens is 2. The van der Waals surface area contributed by atoms with Gasteiger partial charge in [0.15, 0.2) is 0 Å². The largest absolute Gasteiger partial charge is 0.481 e. The average molecular weight is 281 g/mol. The van der Waals surface area contributed by atoms with E-state index in [4.69, 9.17) is 5.11 Å². The molecule has 1 heterocycles. The van der Waals surface area contributed by atoms with Gasteiger partial charge in [-0.25, -0.2) is 4.79 Å². The summed E-state index contributed by atoms with van der Waals surface area (Å²) in [5.74, 6) is -1.67. The lowest BCUT2D eigenvalue weighted by Crippen LogP contribution is -2.49. The van der Waals surface area contributed by atoms with E-state index in [9.17, 15) is 19.2 Å². The van der Waals surface area contributed by atoms with Gasteiger partial charge in [0, 0.05) is 6.20 Å². The molecule has 1 saturated carbocycles. The summed E-state index contributed by atoms with van der Waals surface area (Å²) in [6.07, 6.45) is 3.63. The lowest BCUT2D eigenvalue weighted by Gasteiger charge is -2.28.